The van der Waals surface area contributed by atoms with E-state index < -0.39 is 5.97 Å². The van der Waals surface area contributed by atoms with Crippen LogP contribution in [0.15, 0.2) is 0 Å². The molecule has 0 radical (unpaired) electrons. The van der Waals surface area contributed by atoms with Crippen LogP contribution in [0, 0.1) is 0 Å². The third-order valence-corrected chi connectivity index (χ3v) is 1.31. The number of carboxylic acid groups (broad SMARTS) is 1. The van der Waals surface area contributed by atoms with Crippen LogP contribution in [-0.4, -0.2) is 27.8 Å². The van der Waals surface area contributed by atoms with Gasteiger partial charge in [0.25, 0.3) is 0 Å². The molecule has 0 unspecified atom stereocenters. The maximum atomic E-state index is 10.3. The summed E-state index contributed by atoms with van der Waals surface area (Å²) >= 11 is 0. The van der Waals surface area contributed by atoms with Crippen LogP contribution < -0.4 is 34.7 Å². The van der Waals surface area contributed by atoms with Gasteiger partial charge in [0.2, 0.25) is 0 Å². The zero-order valence-corrected chi connectivity index (χ0v) is 9.77. The number of hydrogen-bond acceptors (Lipinski definition) is 5. The maximum Gasteiger partial charge on any atom is 1.00 e. The number of aromatic carboxylic acids is 1. The first-order valence-electron chi connectivity index (χ1n) is 3.25. The van der Waals surface area contributed by atoms with Gasteiger partial charge in [-0.2, -0.15) is 0 Å². The van der Waals surface area contributed by atoms with Gasteiger partial charge in [-0.15, -0.1) is 5.10 Å². The van der Waals surface area contributed by atoms with Crippen LogP contribution in [0.4, 0.5) is 0 Å². The number of ether oxygens (including phenoxy) is 1. The number of aryl methyl sites for hydroxylation is 1. The minimum atomic E-state index is -1.38. The number of carbonyl (C=O) groups is 1. The van der Waals surface area contributed by atoms with Gasteiger partial charge in [-0.25, -0.2) is 4.98 Å². The van der Waals surface area contributed by atoms with Gasteiger partial charge in [0.05, 0.1) is 0 Å². The molecule has 1 aromatic heterocycles. The third-order valence-electron chi connectivity index (χ3n) is 1.31. The predicted molar refractivity (Wildman–Crippen MR) is 36.0 cm³/mol. The molecule has 0 aliphatic rings. The van der Waals surface area contributed by atoms with Gasteiger partial charge in [-0.1, -0.05) is 0 Å². The minimum Gasteiger partial charge on any atom is -0.541 e. The molecule has 7 heteroatoms. The van der Waals surface area contributed by atoms with Gasteiger partial charge < -0.3 is 14.6 Å². The van der Waals surface area contributed by atoms with E-state index in [0.29, 0.717) is 5.82 Å². The van der Waals surface area contributed by atoms with Crippen LogP contribution in [0.1, 0.15) is 16.4 Å². The van der Waals surface area contributed by atoms with Crippen LogP contribution in [0.5, 0.6) is 0 Å². The standard InChI is InChI=1S/C6H9N3O3.Na/c1-9-4(3-12-2)7-5(8-9)6(10)11;/h3H2,1-2H3,(H,10,11);/q;+1/p-1. The first-order chi connectivity index (χ1) is 5.65. The van der Waals surface area contributed by atoms with E-state index in [9.17, 15) is 9.90 Å². The van der Waals surface area contributed by atoms with Crippen molar-refractivity contribution in [3.8, 4) is 0 Å². The van der Waals surface area contributed by atoms with Gasteiger partial charge in [-0.3, -0.25) is 4.68 Å². The molecular weight excluding hydrogens is 185 g/mol. The quantitative estimate of drug-likeness (QED) is 0.451. The Morgan fingerprint density at radius 1 is 1.69 bits per heavy atom. The largest absolute Gasteiger partial charge is 1.00 e. The van der Waals surface area contributed by atoms with Crippen LogP contribution in [0.3, 0.4) is 0 Å². The van der Waals surface area contributed by atoms with Crippen molar-refractivity contribution in [1.29, 1.82) is 0 Å². The zero-order valence-electron chi connectivity index (χ0n) is 7.77. The van der Waals surface area contributed by atoms with E-state index in [1.807, 2.05) is 0 Å². The van der Waals surface area contributed by atoms with E-state index in [2.05, 4.69) is 10.1 Å². The van der Waals surface area contributed by atoms with Crippen molar-refractivity contribution in [2.24, 2.45) is 7.05 Å². The Hall–Kier alpha value is -0.430. The second kappa shape index (κ2) is 5.33. The molecule has 13 heavy (non-hydrogen) atoms. The number of methoxy groups -OCH3 is 1. The summed E-state index contributed by atoms with van der Waals surface area (Å²) in [7, 11) is 3.08. The average Bonchev–Trinajstić information content (AvgIpc) is 2.34. The summed E-state index contributed by atoms with van der Waals surface area (Å²) in [5.74, 6) is -1.24. The molecule has 0 aromatic carbocycles. The molecule has 0 fully saturated rings. The Morgan fingerprint density at radius 2 is 2.31 bits per heavy atom. The van der Waals surface area contributed by atoms with Crippen LogP contribution in [0.2, 0.25) is 0 Å². The molecule has 0 atom stereocenters. The minimum absolute atomic E-state index is 0. The smallest absolute Gasteiger partial charge is 0.541 e. The van der Waals surface area contributed by atoms with Gasteiger partial charge in [0.1, 0.15) is 12.6 Å². The predicted octanol–water partition coefficient (Wildman–Crippen LogP) is -4.67. The molecule has 0 bridgehead atoms. The molecule has 0 saturated carbocycles. The number of rotatable bonds is 3. The normalized spacial score (nSPS) is 9.38. The van der Waals surface area contributed by atoms with Crippen molar-refractivity contribution in [3.05, 3.63) is 11.6 Å². The molecule has 0 aliphatic carbocycles. The number of carbonyl (C=O) groups excluding carboxylic acids is 1. The average molecular weight is 193 g/mol. The van der Waals surface area contributed by atoms with E-state index in [1.54, 1.807) is 7.05 Å². The first kappa shape index (κ1) is 12.6. The Labute approximate surface area is 97.2 Å². The Morgan fingerprint density at radius 3 is 2.69 bits per heavy atom. The molecule has 1 rings (SSSR count). The van der Waals surface area contributed by atoms with E-state index in [0.717, 1.165) is 0 Å². The summed E-state index contributed by atoms with van der Waals surface area (Å²) in [4.78, 5) is 13.9. The molecule has 1 heterocycles. The molecule has 66 valence electrons. The first-order valence-corrected chi connectivity index (χ1v) is 3.25. The molecule has 1 aromatic rings. The Bertz CT molecular complexity index is 299. The fourth-order valence-corrected chi connectivity index (χ4v) is 0.758. The fraction of sp³-hybridized carbons (Fsp3) is 0.500. The van der Waals surface area contributed by atoms with Crippen molar-refractivity contribution >= 4 is 5.97 Å². The second-order valence-corrected chi connectivity index (χ2v) is 2.20. The number of carboxylic acids is 1. The van der Waals surface area contributed by atoms with E-state index in [1.165, 1.54) is 11.8 Å². The van der Waals surface area contributed by atoms with Crippen molar-refractivity contribution in [3.63, 3.8) is 0 Å². The second-order valence-electron chi connectivity index (χ2n) is 2.20. The Kier molecular flexibility index (Phi) is 5.16. The molecule has 0 N–H and O–H groups in total. The van der Waals surface area contributed by atoms with Crippen LogP contribution in [-0.2, 0) is 18.4 Å². The summed E-state index contributed by atoms with van der Waals surface area (Å²) in [6, 6.07) is 0. The summed E-state index contributed by atoms with van der Waals surface area (Å²) in [5, 5.41) is 13.9. The van der Waals surface area contributed by atoms with Gasteiger partial charge >= 0.3 is 29.6 Å². The molecule has 0 spiro atoms. The van der Waals surface area contributed by atoms with Gasteiger partial charge in [0, 0.05) is 14.2 Å². The molecular formula is C6H8N3NaO3. The monoisotopic (exact) mass is 193 g/mol. The van der Waals surface area contributed by atoms with Gasteiger partial charge in [0.15, 0.2) is 11.6 Å². The maximum absolute atomic E-state index is 10.3. The summed E-state index contributed by atoms with van der Waals surface area (Å²) in [5.41, 5.74) is 0. The van der Waals surface area contributed by atoms with E-state index >= 15 is 0 Å². The number of aromatic nitrogens is 3. The zero-order chi connectivity index (χ0) is 9.14. The number of hydrogen-bond donors (Lipinski definition) is 0. The SMILES string of the molecule is COCc1nc(C(=O)[O-])nn1C.[Na+]. The van der Waals surface area contributed by atoms with E-state index in [4.69, 9.17) is 4.74 Å². The molecule has 0 saturated heterocycles. The third kappa shape index (κ3) is 3.07. The van der Waals surface area contributed by atoms with Gasteiger partial charge in [-0.05, 0) is 0 Å². The van der Waals surface area contributed by atoms with Crippen molar-refractivity contribution in [2.45, 2.75) is 6.61 Å². The summed E-state index contributed by atoms with van der Waals surface area (Å²) in [6.45, 7) is 0.233. The fourth-order valence-electron chi connectivity index (χ4n) is 0.758. The molecule has 0 aliphatic heterocycles. The molecule has 6 nitrogen and oxygen atoms in total. The van der Waals surface area contributed by atoms with Crippen molar-refractivity contribution in [2.75, 3.05) is 7.11 Å². The summed E-state index contributed by atoms with van der Waals surface area (Å²) in [6.07, 6.45) is 0. The summed E-state index contributed by atoms with van der Waals surface area (Å²) < 4.78 is 6.11. The van der Waals surface area contributed by atoms with E-state index in [-0.39, 0.29) is 42.0 Å². The van der Waals surface area contributed by atoms with Crippen molar-refractivity contribution in [1.82, 2.24) is 14.8 Å². The van der Waals surface area contributed by atoms with Crippen LogP contribution >= 0.6 is 0 Å². The Balaban J connectivity index is 0.00000144. The molecule has 0 amide bonds. The van der Waals surface area contributed by atoms with Crippen LogP contribution in [0.25, 0.3) is 0 Å². The van der Waals surface area contributed by atoms with Crippen molar-refractivity contribution < 1.29 is 44.2 Å². The topological polar surface area (TPSA) is 80.1 Å². The number of nitrogens with zero attached hydrogens (tertiary/aromatic N) is 3.